The van der Waals surface area contributed by atoms with E-state index in [2.05, 4.69) is 0 Å². The van der Waals surface area contributed by atoms with Gasteiger partial charge in [0.1, 0.15) is 4.88 Å². The van der Waals surface area contributed by atoms with Gasteiger partial charge in [0.2, 0.25) is 0 Å². The predicted octanol–water partition coefficient (Wildman–Crippen LogP) is 3.68. The lowest BCUT2D eigenvalue weighted by atomic mass is 10.2. The van der Waals surface area contributed by atoms with Crippen LogP contribution < -0.4 is 0 Å². The van der Waals surface area contributed by atoms with E-state index < -0.39 is 16.9 Å². The number of aromatic carboxylic acids is 1. The Hall–Kier alpha value is -2.39. The van der Waals surface area contributed by atoms with E-state index in [-0.39, 0.29) is 27.6 Å². The van der Waals surface area contributed by atoms with Gasteiger partial charge in [-0.15, -0.1) is 11.3 Å². The van der Waals surface area contributed by atoms with Crippen LogP contribution in [0.15, 0.2) is 39.4 Å². The van der Waals surface area contributed by atoms with E-state index >= 15 is 0 Å². The van der Waals surface area contributed by atoms with Gasteiger partial charge >= 0.3 is 11.9 Å². The van der Waals surface area contributed by atoms with Crippen LogP contribution >= 0.6 is 23.1 Å². The van der Waals surface area contributed by atoms with E-state index in [9.17, 15) is 19.7 Å². The minimum atomic E-state index is -1.09. The molecule has 23 heavy (non-hydrogen) atoms. The summed E-state index contributed by atoms with van der Waals surface area (Å²) >= 11 is 2.02. The highest BCUT2D eigenvalue weighted by Crippen LogP contribution is 2.38. The molecule has 0 atom stereocenters. The zero-order chi connectivity index (χ0) is 17.0. The fourth-order valence-electron chi connectivity index (χ4n) is 1.74. The fourth-order valence-corrected chi connectivity index (χ4v) is 3.65. The number of nitrogens with zero attached hydrogens (tertiary/aromatic N) is 1. The topological polar surface area (TPSA) is 107 Å². The molecule has 2 aromatic rings. The number of benzene rings is 1. The summed E-state index contributed by atoms with van der Waals surface area (Å²) in [6.45, 7) is 1.81. The van der Waals surface area contributed by atoms with Gasteiger partial charge in [-0.1, -0.05) is 11.8 Å². The molecule has 0 aliphatic carbocycles. The second-order valence-electron chi connectivity index (χ2n) is 4.18. The van der Waals surface area contributed by atoms with E-state index in [0.717, 1.165) is 29.2 Å². The Morgan fingerprint density at radius 3 is 2.70 bits per heavy atom. The van der Waals surface area contributed by atoms with Gasteiger partial charge in [-0.2, -0.15) is 0 Å². The Labute approximate surface area is 139 Å². The number of carboxylic acids is 1. The van der Waals surface area contributed by atoms with Crippen molar-refractivity contribution in [1.82, 2.24) is 0 Å². The smallest absolute Gasteiger partial charge is 0.347 e. The third-order valence-electron chi connectivity index (χ3n) is 2.71. The van der Waals surface area contributed by atoms with Crippen molar-refractivity contribution in [3.05, 3.63) is 50.2 Å². The zero-order valence-electron chi connectivity index (χ0n) is 11.8. The van der Waals surface area contributed by atoms with Gasteiger partial charge in [0.05, 0.1) is 22.0 Å². The molecule has 1 aromatic heterocycles. The number of carbonyl (C=O) groups excluding carboxylic acids is 1. The first-order valence-corrected chi connectivity index (χ1v) is 8.07. The first-order valence-electron chi connectivity index (χ1n) is 6.38. The molecule has 7 nitrogen and oxygen atoms in total. The van der Waals surface area contributed by atoms with Crippen LogP contribution in [-0.2, 0) is 4.74 Å². The molecule has 9 heteroatoms. The average molecular weight is 353 g/mol. The summed E-state index contributed by atoms with van der Waals surface area (Å²) in [4.78, 5) is 34.2. The third-order valence-corrected chi connectivity index (χ3v) is 4.87. The van der Waals surface area contributed by atoms with Crippen LogP contribution in [0.1, 0.15) is 27.0 Å². The summed E-state index contributed by atoms with van der Waals surface area (Å²) in [5.41, 5.74) is -0.199. The molecule has 0 unspecified atom stereocenters. The van der Waals surface area contributed by atoms with Gasteiger partial charge in [-0.05, 0) is 30.5 Å². The number of thiophene rings is 1. The molecule has 0 radical (unpaired) electrons. The van der Waals surface area contributed by atoms with Crippen LogP contribution in [0.4, 0.5) is 5.69 Å². The quantitative estimate of drug-likeness (QED) is 0.479. The van der Waals surface area contributed by atoms with Gasteiger partial charge < -0.3 is 9.84 Å². The monoisotopic (exact) mass is 353 g/mol. The minimum Gasteiger partial charge on any atom is -0.477 e. The number of rotatable bonds is 6. The van der Waals surface area contributed by atoms with Gasteiger partial charge in [0.25, 0.3) is 5.69 Å². The number of carboxylic acid groups (broad SMARTS) is 1. The van der Waals surface area contributed by atoms with Crippen LogP contribution in [0.25, 0.3) is 0 Å². The van der Waals surface area contributed by atoms with Crippen LogP contribution in [0.2, 0.25) is 0 Å². The van der Waals surface area contributed by atoms with Crippen molar-refractivity contribution in [3.63, 3.8) is 0 Å². The Morgan fingerprint density at radius 1 is 1.35 bits per heavy atom. The third kappa shape index (κ3) is 3.88. The van der Waals surface area contributed by atoms with E-state index in [1.165, 1.54) is 12.1 Å². The zero-order valence-corrected chi connectivity index (χ0v) is 13.5. The summed E-state index contributed by atoms with van der Waals surface area (Å²) in [6.07, 6.45) is 0. The fraction of sp³-hybridized carbons (Fsp3) is 0.143. The molecule has 0 saturated carbocycles. The standard InChI is InChI=1S/C14H11NO6S2/c1-2-21-14(18)8-3-4-10(9(7-8)15(19)20)23-11-5-6-22-12(11)13(16)17/h3-7H,2H2,1H3,(H,16,17). The Balaban J connectivity index is 2.38. The molecular formula is C14H11NO6S2. The molecule has 0 aliphatic rings. The molecule has 1 N–H and O–H groups in total. The normalized spacial score (nSPS) is 10.3. The van der Waals surface area contributed by atoms with E-state index in [1.807, 2.05) is 0 Å². The lowest BCUT2D eigenvalue weighted by Crippen LogP contribution is -2.05. The van der Waals surface area contributed by atoms with Crippen molar-refractivity contribution in [2.24, 2.45) is 0 Å². The summed E-state index contributed by atoms with van der Waals surface area (Å²) in [7, 11) is 0. The van der Waals surface area contributed by atoms with Crippen molar-refractivity contribution in [2.75, 3.05) is 6.61 Å². The highest BCUT2D eigenvalue weighted by molar-refractivity contribution is 7.99. The lowest BCUT2D eigenvalue weighted by Gasteiger charge is -2.05. The van der Waals surface area contributed by atoms with Crippen molar-refractivity contribution in [3.8, 4) is 0 Å². The number of carbonyl (C=O) groups is 2. The minimum absolute atomic E-state index is 0.0756. The molecule has 120 valence electrons. The van der Waals surface area contributed by atoms with Crippen LogP contribution in [0.5, 0.6) is 0 Å². The van der Waals surface area contributed by atoms with Gasteiger partial charge in [0, 0.05) is 11.0 Å². The molecule has 1 heterocycles. The summed E-state index contributed by atoms with van der Waals surface area (Å²) < 4.78 is 4.81. The SMILES string of the molecule is CCOC(=O)c1ccc(Sc2ccsc2C(=O)O)c([N+](=O)[O-])c1. The number of ether oxygens (including phenoxy) is 1. The molecule has 0 fully saturated rings. The number of hydrogen-bond acceptors (Lipinski definition) is 7. The molecule has 0 bridgehead atoms. The summed E-state index contributed by atoms with van der Waals surface area (Å²) in [5, 5.41) is 21.9. The predicted molar refractivity (Wildman–Crippen MR) is 84.5 cm³/mol. The number of nitro groups is 1. The van der Waals surface area contributed by atoms with Crippen molar-refractivity contribution < 1.29 is 24.4 Å². The largest absolute Gasteiger partial charge is 0.477 e. The molecule has 0 spiro atoms. The van der Waals surface area contributed by atoms with Gasteiger partial charge in [0.15, 0.2) is 0 Å². The molecular weight excluding hydrogens is 342 g/mol. The first-order chi connectivity index (χ1) is 10.9. The van der Waals surface area contributed by atoms with Crippen LogP contribution in [0.3, 0.4) is 0 Å². The molecule has 1 aromatic carbocycles. The summed E-state index contributed by atoms with van der Waals surface area (Å²) in [5.74, 6) is -1.73. The molecule has 0 aliphatic heterocycles. The molecule has 0 saturated heterocycles. The number of nitro benzene ring substituents is 1. The highest BCUT2D eigenvalue weighted by Gasteiger charge is 2.21. The van der Waals surface area contributed by atoms with Crippen molar-refractivity contribution >= 4 is 40.7 Å². The average Bonchev–Trinajstić information content (AvgIpc) is 2.96. The van der Waals surface area contributed by atoms with Gasteiger partial charge in [-0.25, -0.2) is 9.59 Å². The maximum Gasteiger partial charge on any atom is 0.347 e. The highest BCUT2D eigenvalue weighted by atomic mass is 32.2. The summed E-state index contributed by atoms with van der Waals surface area (Å²) in [6, 6.07) is 5.55. The number of hydrogen-bond donors (Lipinski definition) is 1. The maximum absolute atomic E-state index is 11.7. The van der Waals surface area contributed by atoms with Crippen LogP contribution in [-0.4, -0.2) is 28.6 Å². The Morgan fingerprint density at radius 2 is 2.09 bits per heavy atom. The van der Waals surface area contributed by atoms with E-state index in [0.29, 0.717) is 4.90 Å². The van der Waals surface area contributed by atoms with Crippen molar-refractivity contribution in [2.45, 2.75) is 16.7 Å². The van der Waals surface area contributed by atoms with Crippen LogP contribution in [0, 0.1) is 10.1 Å². The lowest BCUT2D eigenvalue weighted by molar-refractivity contribution is -0.387. The maximum atomic E-state index is 11.7. The second kappa shape index (κ2) is 7.25. The van der Waals surface area contributed by atoms with E-state index in [1.54, 1.807) is 18.4 Å². The molecule has 2 rings (SSSR count). The van der Waals surface area contributed by atoms with Crippen molar-refractivity contribution in [1.29, 1.82) is 0 Å². The van der Waals surface area contributed by atoms with E-state index in [4.69, 9.17) is 9.84 Å². The Bertz CT molecular complexity index is 770. The molecule has 0 amide bonds. The first kappa shape index (κ1) is 17.0. The van der Waals surface area contributed by atoms with Gasteiger partial charge in [-0.3, -0.25) is 10.1 Å². The Kier molecular flexibility index (Phi) is 5.35. The number of esters is 1. The second-order valence-corrected chi connectivity index (χ2v) is 6.18.